The van der Waals surface area contributed by atoms with Gasteiger partial charge in [0.25, 0.3) is 0 Å². The maximum Gasteiger partial charge on any atom is 0.240 e. The van der Waals surface area contributed by atoms with Gasteiger partial charge < -0.3 is 9.63 Å². The fourth-order valence-corrected chi connectivity index (χ4v) is 3.10. The highest BCUT2D eigenvalue weighted by Crippen LogP contribution is 2.24. The highest BCUT2D eigenvalue weighted by atomic mass is 16.5. The van der Waals surface area contributed by atoms with Crippen LogP contribution in [-0.4, -0.2) is 38.8 Å². The number of hydrogen-bond acceptors (Lipinski definition) is 5. The van der Waals surface area contributed by atoms with Crippen molar-refractivity contribution in [3.63, 3.8) is 0 Å². The molecule has 2 rings (SSSR count). The number of hydrogen-bond donors (Lipinski definition) is 1. The van der Waals surface area contributed by atoms with Crippen LogP contribution in [0.15, 0.2) is 4.52 Å². The molecule has 1 unspecified atom stereocenters. The van der Waals surface area contributed by atoms with Crippen LogP contribution in [0.25, 0.3) is 0 Å². The highest BCUT2D eigenvalue weighted by molar-refractivity contribution is 4.89. The molecule has 1 aromatic rings. The molecule has 1 atom stereocenters. The van der Waals surface area contributed by atoms with Crippen molar-refractivity contribution in [2.45, 2.75) is 78.0 Å². The number of rotatable bonds is 7. The van der Waals surface area contributed by atoms with Crippen LogP contribution in [0.3, 0.4) is 0 Å². The van der Waals surface area contributed by atoms with Gasteiger partial charge in [-0.05, 0) is 25.7 Å². The van der Waals surface area contributed by atoms with Gasteiger partial charge in [-0.3, -0.25) is 4.90 Å². The monoisotopic (exact) mass is 295 g/mol. The Labute approximate surface area is 127 Å². The molecule has 5 nitrogen and oxygen atoms in total. The van der Waals surface area contributed by atoms with Crippen LogP contribution in [0, 0.1) is 5.92 Å². The van der Waals surface area contributed by atoms with E-state index in [1.54, 1.807) is 0 Å². The van der Waals surface area contributed by atoms with Crippen molar-refractivity contribution in [3.05, 3.63) is 11.7 Å². The maximum atomic E-state index is 9.75. The second kappa shape index (κ2) is 7.90. The van der Waals surface area contributed by atoms with Crippen LogP contribution in [0.1, 0.15) is 64.6 Å². The largest absolute Gasteiger partial charge is 0.392 e. The van der Waals surface area contributed by atoms with E-state index in [0.29, 0.717) is 30.9 Å². The molecule has 1 aliphatic carbocycles. The van der Waals surface area contributed by atoms with E-state index in [2.05, 4.69) is 28.9 Å². The minimum atomic E-state index is -0.329. The SMILES string of the molecule is CC(C)Cc1noc(CN(CC(C)O)C2CCCCC2)n1. The fourth-order valence-electron chi connectivity index (χ4n) is 3.10. The molecule has 1 fully saturated rings. The van der Waals surface area contributed by atoms with Crippen molar-refractivity contribution in [2.24, 2.45) is 5.92 Å². The summed E-state index contributed by atoms with van der Waals surface area (Å²) in [5.74, 6) is 2.00. The van der Waals surface area contributed by atoms with Gasteiger partial charge in [-0.1, -0.05) is 38.3 Å². The van der Waals surface area contributed by atoms with Crippen LogP contribution in [0.4, 0.5) is 0 Å². The third-order valence-corrected chi connectivity index (χ3v) is 4.03. The Morgan fingerprint density at radius 3 is 2.57 bits per heavy atom. The fraction of sp³-hybridized carbons (Fsp3) is 0.875. The molecule has 0 amide bonds. The quantitative estimate of drug-likeness (QED) is 0.838. The van der Waals surface area contributed by atoms with Gasteiger partial charge in [0.2, 0.25) is 5.89 Å². The third kappa shape index (κ3) is 5.40. The average molecular weight is 295 g/mol. The standard InChI is InChI=1S/C16H29N3O2/c1-12(2)9-15-17-16(21-18-15)11-19(10-13(3)20)14-7-5-4-6-8-14/h12-14,20H,4-11H2,1-3H3. The first-order chi connectivity index (χ1) is 10.0. The van der Waals surface area contributed by atoms with Crippen molar-refractivity contribution in [1.29, 1.82) is 0 Å². The van der Waals surface area contributed by atoms with E-state index in [0.717, 1.165) is 12.2 Å². The Morgan fingerprint density at radius 1 is 1.24 bits per heavy atom. The normalized spacial score (nSPS) is 18.6. The first kappa shape index (κ1) is 16.4. The predicted octanol–water partition coefficient (Wildman–Crippen LogP) is 2.78. The van der Waals surface area contributed by atoms with Gasteiger partial charge in [0.1, 0.15) is 0 Å². The zero-order chi connectivity index (χ0) is 15.2. The molecule has 1 aliphatic rings. The second-order valence-electron chi connectivity index (χ2n) is 6.77. The van der Waals surface area contributed by atoms with Crippen LogP contribution >= 0.6 is 0 Å². The molecule has 0 spiro atoms. The summed E-state index contributed by atoms with van der Waals surface area (Å²) < 4.78 is 5.38. The third-order valence-electron chi connectivity index (χ3n) is 4.03. The van der Waals surface area contributed by atoms with Crippen molar-refractivity contribution in [2.75, 3.05) is 6.54 Å². The topological polar surface area (TPSA) is 62.4 Å². The Bertz CT molecular complexity index is 411. The van der Waals surface area contributed by atoms with Gasteiger partial charge in [0.15, 0.2) is 5.82 Å². The van der Waals surface area contributed by atoms with E-state index >= 15 is 0 Å². The summed E-state index contributed by atoms with van der Waals surface area (Å²) in [7, 11) is 0. The van der Waals surface area contributed by atoms with E-state index in [1.807, 2.05) is 6.92 Å². The number of aliphatic hydroxyl groups is 1. The molecule has 1 saturated carbocycles. The van der Waals surface area contributed by atoms with Gasteiger partial charge in [-0.25, -0.2) is 0 Å². The molecule has 1 heterocycles. The molecular weight excluding hydrogens is 266 g/mol. The zero-order valence-corrected chi connectivity index (χ0v) is 13.6. The Balaban J connectivity index is 1.98. The number of aliphatic hydroxyl groups excluding tert-OH is 1. The Morgan fingerprint density at radius 2 is 1.95 bits per heavy atom. The Hall–Kier alpha value is -0.940. The molecule has 5 heteroatoms. The molecule has 0 saturated heterocycles. The van der Waals surface area contributed by atoms with E-state index < -0.39 is 0 Å². The minimum absolute atomic E-state index is 0.329. The summed E-state index contributed by atoms with van der Waals surface area (Å²) in [6, 6.07) is 0.536. The van der Waals surface area contributed by atoms with Gasteiger partial charge in [0.05, 0.1) is 12.6 Å². The zero-order valence-electron chi connectivity index (χ0n) is 13.6. The second-order valence-corrected chi connectivity index (χ2v) is 6.77. The lowest BCUT2D eigenvalue weighted by Gasteiger charge is -2.34. The average Bonchev–Trinajstić information content (AvgIpc) is 2.85. The van der Waals surface area contributed by atoms with Crippen LogP contribution in [-0.2, 0) is 13.0 Å². The predicted molar refractivity (Wildman–Crippen MR) is 81.8 cm³/mol. The maximum absolute atomic E-state index is 9.75. The molecule has 0 aromatic carbocycles. The smallest absolute Gasteiger partial charge is 0.240 e. The van der Waals surface area contributed by atoms with Crippen LogP contribution in [0.5, 0.6) is 0 Å². The lowest BCUT2D eigenvalue weighted by molar-refractivity contribution is 0.0689. The van der Waals surface area contributed by atoms with Gasteiger partial charge in [0, 0.05) is 19.0 Å². The van der Waals surface area contributed by atoms with Gasteiger partial charge >= 0.3 is 0 Å². The highest BCUT2D eigenvalue weighted by Gasteiger charge is 2.24. The van der Waals surface area contributed by atoms with Crippen LogP contribution < -0.4 is 0 Å². The summed E-state index contributed by atoms with van der Waals surface area (Å²) in [6.45, 7) is 7.47. The minimum Gasteiger partial charge on any atom is -0.392 e. The van der Waals surface area contributed by atoms with Gasteiger partial charge in [-0.2, -0.15) is 4.98 Å². The van der Waals surface area contributed by atoms with Crippen molar-refractivity contribution in [3.8, 4) is 0 Å². The van der Waals surface area contributed by atoms with Crippen molar-refractivity contribution < 1.29 is 9.63 Å². The molecule has 0 radical (unpaired) electrons. The first-order valence-electron chi connectivity index (χ1n) is 8.28. The summed E-state index contributed by atoms with van der Waals surface area (Å²) in [6.07, 6.45) is 6.83. The summed E-state index contributed by atoms with van der Waals surface area (Å²) in [5.41, 5.74) is 0. The van der Waals surface area contributed by atoms with E-state index in [-0.39, 0.29) is 6.10 Å². The molecule has 0 bridgehead atoms. The lowest BCUT2D eigenvalue weighted by atomic mass is 9.94. The van der Waals surface area contributed by atoms with Crippen molar-refractivity contribution in [1.82, 2.24) is 15.0 Å². The van der Waals surface area contributed by atoms with Gasteiger partial charge in [-0.15, -0.1) is 0 Å². The molecule has 1 aromatic heterocycles. The lowest BCUT2D eigenvalue weighted by Crippen LogP contribution is -2.40. The number of aromatic nitrogens is 2. The molecule has 1 N–H and O–H groups in total. The molecule has 120 valence electrons. The van der Waals surface area contributed by atoms with E-state index in [9.17, 15) is 5.11 Å². The first-order valence-corrected chi connectivity index (χ1v) is 8.28. The summed E-state index contributed by atoms with van der Waals surface area (Å²) >= 11 is 0. The molecule has 0 aliphatic heterocycles. The Kier molecular flexibility index (Phi) is 6.18. The summed E-state index contributed by atoms with van der Waals surface area (Å²) in [4.78, 5) is 6.81. The summed E-state index contributed by atoms with van der Waals surface area (Å²) in [5, 5.41) is 13.8. The van der Waals surface area contributed by atoms with E-state index in [4.69, 9.17) is 4.52 Å². The molecule has 21 heavy (non-hydrogen) atoms. The van der Waals surface area contributed by atoms with Crippen molar-refractivity contribution >= 4 is 0 Å². The molecular formula is C16H29N3O2. The number of nitrogens with zero attached hydrogens (tertiary/aromatic N) is 3. The van der Waals surface area contributed by atoms with E-state index in [1.165, 1.54) is 32.1 Å². The van der Waals surface area contributed by atoms with Crippen LogP contribution in [0.2, 0.25) is 0 Å².